The first-order valence-corrected chi connectivity index (χ1v) is 11.6. The lowest BCUT2D eigenvalue weighted by Gasteiger charge is -2.31. The minimum absolute atomic E-state index is 0. The van der Waals surface area contributed by atoms with E-state index in [1.54, 1.807) is 7.05 Å². The summed E-state index contributed by atoms with van der Waals surface area (Å²) >= 11 is 0. The lowest BCUT2D eigenvalue weighted by atomic mass is 10.00. The van der Waals surface area contributed by atoms with E-state index >= 15 is 0 Å². The van der Waals surface area contributed by atoms with Crippen molar-refractivity contribution in [2.45, 2.75) is 46.1 Å². The van der Waals surface area contributed by atoms with Gasteiger partial charge in [-0.1, -0.05) is 19.1 Å². The molecule has 0 spiro atoms. The Labute approximate surface area is 209 Å². The van der Waals surface area contributed by atoms with E-state index in [4.69, 9.17) is 9.47 Å². The van der Waals surface area contributed by atoms with Crippen LogP contribution in [0.4, 0.5) is 0 Å². The largest absolute Gasteiger partial charge is 0.493 e. The van der Waals surface area contributed by atoms with Gasteiger partial charge in [-0.2, -0.15) is 0 Å². The van der Waals surface area contributed by atoms with E-state index < -0.39 is 0 Å². The highest BCUT2D eigenvalue weighted by Crippen LogP contribution is 2.22. The van der Waals surface area contributed by atoms with Gasteiger partial charge in [0.05, 0.1) is 13.2 Å². The predicted molar refractivity (Wildman–Crippen MR) is 139 cm³/mol. The highest BCUT2D eigenvalue weighted by Gasteiger charge is 2.20. The molecule has 0 aromatic heterocycles. The van der Waals surface area contributed by atoms with E-state index in [2.05, 4.69) is 47.7 Å². The van der Waals surface area contributed by atoms with Crippen LogP contribution in [-0.2, 0) is 16.1 Å². The number of carbonyl (C=O) groups excluding carboxylic acids is 1. The average Bonchev–Trinajstić information content (AvgIpc) is 3.29. The summed E-state index contributed by atoms with van der Waals surface area (Å²) < 4.78 is 11.6. The lowest BCUT2D eigenvalue weighted by molar-refractivity contribution is -0.132. The second-order valence-electron chi connectivity index (χ2n) is 8.84. The van der Waals surface area contributed by atoms with Gasteiger partial charge in [-0.15, -0.1) is 24.0 Å². The fourth-order valence-corrected chi connectivity index (χ4v) is 4.13. The molecular formula is C24H39IN4O3. The van der Waals surface area contributed by atoms with Crippen molar-refractivity contribution in [1.82, 2.24) is 15.5 Å². The van der Waals surface area contributed by atoms with E-state index in [1.165, 1.54) is 12.0 Å². The summed E-state index contributed by atoms with van der Waals surface area (Å²) in [7, 11) is 1.75. The number of rotatable bonds is 8. The summed E-state index contributed by atoms with van der Waals surface area (Å²) in [6.07, 6.45) is 3.87. The van der Waals surface area contributed by atoms with E-state index in [0.717, 1.165) is 50.5 Å². The summed E-state index contributed by atoms with van der Waals surface area (Å²) in [4.78, 5) is 18.7. The Morgan fingerprint density at radius 1 is 1.31 bits per heavy atom. The number of piperidine rings is 1. The maximum atomic E-state index is 12.5. The molecule has 2 saturated heterocycles. The van der Waals surface area contributed by atoms with Crippen molar-refractivity contribution < 1.29 is 14.3 Å². The number of guanidine groups is 1. The SMILES string of the molecule is CN=C(NCCC(=O)N1CCCC(C)C1)NCc1ccc(C)cc1OCC1CCOC1.I. The Morgan fingerprint density at radius 3 is 2.88 bits per heavy atom. The van der Waals surface area contributed by atoms with Crippen molar-refractivity contribution in [3.63, 3.8) is 0 Å². The second-order valence-corrected chi connectivity index (χ2v) is 8.84. The number of nitrogens with zero attached hydrogens (tertiary/aromatic N) is 2. The number of carbonyl (C=O) groups is 1. The highest BCUT2D eigenvalue weighted by molar-refractivity contribution is 14.0. The van der Waals surface area contributed by atoms with Crippen LogP contribution in [0.1, 0.15) is 43.7 Å². The summed E-state index contributed by atoms with van der Waals surface area (Å²) in [6, 6.07) is 6.27. The number of halogens is 1. The van der Waals surface area contributed by atoms with Crippen molar-refractivity contribution in [2.75, 3.05) is 46.5 Å². The third-order valence-corrected chi connectivity index (χ3v) is 6.03. The molecule has 2 fully saturated rings. The quantitative estimate of drug-likeness (QED) is 0.291. The van der Waals surface area contributed by atoms with Crippen LogP contribution < -0.4 is 15.4 Å². The summed E-state index contributed by atoms with van der Waals surface area (Å²) in [5.74, 6) is 2.89. The number of hydrogen-bond acceptors (Lipinski definition) is 4. The van der Waals surface area contributed by atoms with E-state index in [-0.39, 0.29) is 29.9 Å². The zero-order chi connectivity index (χ0) is 22.1. The Kier molecular flexibility index (Phi) is 11.6. The first kappa shape index (κ1) is 26.7. The van der Waals surface area contributed by atoms with Crippen molar-refractivity contribution >= 4 is 35.8 Å². The van der Waals surface area contributed by atoms with Gasteiger partial charge in [-0.25, -0.2) is 0 Å². The first-order chi connectivity index (χ1) is 15.0. The first-order valence-electron chi connectivity index (χ1n) is 11.6. The van der Waals surface area contributed by atoms with E-state index in [1.807, 2.05) is 4.90 Å². The van der Waals surface area contributed by atoms with Crippen LogP contribution >= 0.6 is 24.0 Å². The monoisotopic (exact) mass is 558 g/mol. The van der Waals surface area contributed by atoms with Crippen molar-refractivity contribution in [2.24, 2.45) is 16.8 Å². The average molecular weight is 559 g/mol. The Morgan fingerprint density at radius 2 is 2.16 bits per heavy atom. The topological polar surface area (TPSA) is 75.2 Å². The Bertz CT molecular complexity index is 753. The number of aliphatic imine (C=N–C) groups is 1. The van der Waals surface area contributed by atoms with Crippen LogP contribution in [0.2, 0.25) is 0 Å². The number of hydrogen-bond donors (Lipinski definition) is 2. The highest BCUT2D eigenvalue weighted by atomic mass is 127. The minimum atomic E-state index is 0. The van der Waals surface area contributed by atoms with Crippen LogP contribution in [0, 0.1) is 18.8 Å². The van der Waals surface area contributed by atoms with Crippen molar-refractivity contribution in [1.29, 1.82) is 0 Å². The van der Waals surface area contributed by atoms with Gasteiger partial charge in [-0.3, -0.25) is 9.79 Å². The molecule has 32 heavy (non-hydrogen) atoms. The molecule has 8 heteroatoms. The van der Waals surface area contributed by atoms with Gasteiger partial charge in [0, 0.05) is 57.7 Å². The number of ether oxygens (including phenoxy) is 2. The van der Waals surface area contributed by atoms with Gasteiger partial charge in [0.2, 0.25) is 5.91 Å². The third kappa shape index (κ3) is 8.42. The molecule has 1 aromatic rings. The van der Waals surface area contributed by atoms with Crippen LogP contribution in [-0.4, -0.2) is 63.3 Å². The molecule has 7 nitrogen and oxygen atoms in total. The molecule has 1 amide bonds. The molecule has 2 N–H and O–H groups in total. The van der Waals surface area contributed by atoms with Crippen LogP contribution in [0.5, 0.6) is 5.75 Å². The van der Waals surface area contributed by atoms with Crippen molar-refractivity contribution in [3.8, 4) is 5.75 Å². The van der Waals surface area contributed by atoms with Gasteiger partial charge in [-0.05, 0) is 43.7 Å². The molecule has 180 valence electrons. The molecule has 3 rings (SSSR count). The fourth-order valence-electron chi connectivity index (χ4n) is 4.13. The Balaban J connectivity index is 0.00000363. The van der Waals surface area contributed by atoms with Crippen molar-refractivity contribution in [3.05, 3.63) is 29.3 Å². The smallest absolute Gasteiger partial charge is 0.224 e. The number of nitrogens with one attached hydrogen (secondary N) is 2. The maximum Gasteiger partial charge on any atom is 0.224 e. The predicted octanol–water partition coefficient (Wildman–Crippen LogP) is 3.34. The van der Waals surface area contributed by atoms with Crippen LogP contribution in [0.3, 0.4) is 0 Å². The zero-order valence-electron chi connectivity index (χ0n) is 19.7. The Hall–Kier alpha value is -1.55. The molecule has 1 aromatic carbocycles. The number of benzene rings is 1. The van der Waals surface area contributed by atoms with Crippen LogP contribution in [0.15, 0.2) is 23.2 Å². The third-order valence-electron chi connectivity index (χ3n) is 6.03. The summed E-state index contributed by atoms with van der Waals surface area (Å²) in [5.41, 5.74) is 2.26. The number of aryl methyl sites for hydroxylation is 1. The second kappa shape index (κ2) is 13.9. The molecule has 0 bridgehead atoms. The normalized spacial score (nSPS) is 21.1. The minimum Gasteiger partial charge on any atom is -0.493 e. The van der Waals surface area contributed by atoms with Gasteiger partial charge in [0.15, 0.2) is 5.96 Å². The molecule has 0 aliphatic carbocycles. The van der Waals surface area contributed by atoms with E-state index in [9.17, 15) is 4.79 Å². The molecule has 2 aliphatic rings. The fraction of sp³-hybridized carbons (Fsp3) is 0.667. The molecule has 0 radical (unpaired) electrons. The lowest BCUT2D eigenvalue weighted by Crippen LogP contribution is -2.42. The molecule has 2 heterocycles. The molecule has 2 unspecified atom stereocenters. The van der Waals surface area contributed by atoms with Crippen LogP contribution in [0.25, 0.3) is 0 Å². The molecular weight excluding hydrogens is 519 g/mol. The number of amides is 1. The van der Waals surface area contributed by atoms with Gasteiger partial charge in [0.1, 0.15) is 5.75 Å². The molecule has 0 saturated carbocycles. The molecule has 2 atom stereocenters. The number of likely N-dealkylation sites (tertiary alicyclic amines) is 1. The summed E-state index contributed by atoms with van der Waals surface area (Å²) in [6.45, 7) is 9.53. The molecule has 2 aliphatic heterocycles. The van der Waals surface area contributed by atoms with Gasteiger partial charge < -0.3 is 25.0 Å². The van der Waals surface area contributed by atoms with Gasteiger partial charge >= 0.3 is 0 Å². The van der Waals surface area contributed by atoms with Gasteiger partial charge in [0.25, 0.3) is 0 Å². The maximum absolute atomic E-state index is 12.5. The van der Waals surface area contributed by atoms with E-state index in [0.29, 0.717) is 43.9 Å². The standard InChI is InChI=1S/C24H38N4O3.HI/c1-18-6-7-21(22(13-18)31-17-20-9-12-30-16-20)14-27-24(25-3)26-10-8-23(29)28-11-4-5-19(2)15-28;/h6-7,13,19-20H,4-5,8-12,14-17H2,1-3H3,(H2,25,26,27);1H. The summed E-state index contributed by atoms with van der Waals surface area (Å²) in [5, 5.41) is 6.61. The zero-order valence-corrected chi connectivity index (χ0v) is 22.0.